The van der Waals surface area contributed by atoms with Crippen molar-refractivity contribution in [3.05, 3.63) is 35.4 Å². The lowest BCUT2D eigenvalue weighted by molar-refractivity contribution is -0.174. The van der Waals surface area contributed by atoms with Crippen molar-refractivity contribution >= 4 is 11.9 Å². The molecule has 128 valence electrons. The number of fused-ring (bicyclic) bond motifs is 3. The molecule has 2 saturated heterocycles. The van der Waals surface area contributed by atoms with Gasteiger partial charge in [0, 0.05) is 17.8 Å². The Morgan fingerprint density at radius 1 is 1.21 bits per heavy atom. The molecule has 0 saturated carbocycles. The number of ether oxygens (including phenoxy) is 2. The highest BCUT2D eigenvalue weighted by molar-refractivity contribution is 6.00. The second-order valence-corrected chi connectivity index (χ2v) is 6.95. The van der Waals surface area contributed by atoms with Crippen molar-refractivity contribution in [2.75, 3.05) is 0 Å². The van der Waals surface area contributed by atoms with Gasteiger partial charge in [-0.15, -0.1) is 0 Å². The summed E-state index contributed by atoms with van der Waals surface area (Å²) in [4.78, 5) is 24.4. The number of esters is 2. The highest BCUT2D eigenvalue weighted by Crippen LogP contribution is 2.56. The summed E-state index contributed by atoms with van der Waals surface area (Å²) in [5.41, 5.74) is 1.19. The van der Waals surface area contributed by atoms with Gasteiger partial charge in [0.15, 0.2) is 12.6 Å². The van der Waals surface area contributed by atoms with Crippen LogP contribution in [0.1, 0.15) is 43.2 Å². The average Bonchev–Trinajstić information content (AvgIpc) is 3.05. The Hall–Kier alpha value is -1.76. The van der Waals surface area contributed by atoms with Gasteiger partial charge in [-0.25, -0.2) is 0 Å². The first-order valence-corrected chi connectivity index (χ1v) is 8.34. The quantitative estimate of drug-likeness (QED) is 0.624. The second kappa shape index (κ2) is 5.37. The Morgan fingerprint density at radius 3 is 2.62 bits per heavy atom. The molecule has 2 aliphatic heterocycles. The molecule has 24 heavy (non-hydrogen) atoms. The number of carbonyl (C=O) groups is 2. The smallest absolute Gasteiger partial charge is 0.321 e. The molecule has 1 aromatic rings. The summed E-state index contributed by atoms with van der Waals surface area (Å²) in [5, 5.41) is 20.1. The molecule has 0 bridgehead atoms. The van der Waals surface area contributed by atoms with Crippen molar-refractivity contribution < 1.29 is 29.3 Å². The van der Waals surface area contributed by atoms with Crippen molar-refractivity contribution in [3.63, 3.8) is 0 Å². The standard InChI is InChI=1S/C18H20O6/c1-2-18(12-7-13(19)23-16(12)21)8-10-14(17(22)24-15(10)20)9-5-3-4-6-11(9)18/h3-6,10,12-14,16,19,21H,2,7-8H2,1H3. The van der Waals surface area contributed by atoms with Crippen LogP contribution in [0.3, 0.4) is 0 Å². The van der Waals surface area contributed by atoms with Crippen LogP contribution in [0.2, 0.25) is 0 Å². The molecule has 0 radical (unpaired) electrons. The van der Waals surface area contributed by atoms with E-state index in [2.05, 4.69) is 0 Å². The first kappa shape index (κ1) is 15.7. The average molecular weight is 332 g/mol. The van der Waals surface area contributed by atoms with Crippen LogP contribution in [0.4, 0.5) is 0 Å². The topological polar surface area (TPSA) is 93.1 Å². The molecule has 4 rings (SSSR count). The number of benzene rings is 1. The fraction of sp³-hybridized carbons (Fsp3) is 0.556. The van der Waals surface area contributed by atoms with E-state index in [9.17, 15) is 19.8 Å². The molecule has 1 aromatic carbocycles. The van der Waals surface area contributed by atoms with Gasteiger partial charge in [0.1, 0.15) is 0 Å². The molecule has 6 heteroatoms. The molecule has 0 aromatic heterocycles. The number of aliphatic hydroxyl groups excluding tert-OH is 2. The van der Waals surface area contributed by atoms with Gasteiger partial charge in [0.05, 0.1) is 11.8 Å². The van der Waals surface area contributed by atoms with Crippen LogP contribution in [0.15, 0.2) is 24.3 Å². The van der Waals surface area contributed by atoms with Gasteiger partial charge < -0.3 is 19.7 Å². The number of cyclic esters (lactones) is 2. The third-order valence-corrected chi connectivity index (χ3v) is 6.01. The molecule has 2 heterocycles. The van der Waals surface area contributed by atoms with E-state index >= 15 is 0 Å². The van der Waals surface area contributed by atoms with Crippen LogP contribution in [-0.2, 0) is 24.5 Å². The van der Waals surface area contributed by atoms with E-state index in [-0.39, 0.29) is 5.92 Å². The van der Waals surface area contributed by atoms with Gasteiger partial charge in [-0.05, 0) is 24.0 Å². The highest BCUT2D eigenvalue weighted by Gasteiger charge is 2.59. The zero-order valence-electron chi connectivity index (χ0n) is 13.3. The molecule has 2 fully saturated rings. The molecule has 0 amide bonds. The van der Waals surface area contributed by atoms with E-state index in [1.807, 2.05) is 31.2 Å². The molecule has 3 aliphatic rings. The minimum Gasteiger partial charge on any atom is -0.392 e. The van der Waals surface area contributed by atoms with E-state index in [1.165, 1.54) is 0 Å². The summed E-state index contributed by atoms with van der Waals surface area (Å²) < 4.78 is 10.0. The van der Waals surface area contributed by atoms with Gasteiger partial charge in [-0.2, -0.15) is 0 Å². The van der Waals surface area contributed by atoms with Gasteiger partial charge in [0.2, 0.25) is 0 Å². The fourth-order valence-electron chi connectivity index (χ4n) is 4.90. The maximum atomic E-state index is 12.2. The Morgan fingerprint density at radius 2 is 1.96 bits per heavy atom. The summed E-state index contributed by atoms with van der Waals surface area (Å²) >= 11 is 0. The van der Waals surface area contributed by atoms with Crippen molar-refractivity contribution in [1.82, 2.24) is 0 Å². The first-order valence-electron chi connectivity index (χ1n) is 8.34. The van der Waals surface area contributed by atoms with Crippen LogP contribution < -0.4 is 0 Å². The predicted octanol–water partition coefficient (Wildman–Crippen LogP) is 1.19. The molecule has 6 atom stereocenters. The third kappa shape index (κ3) is 2.00. The monoisotopic (exact) mass is 332 g/mol. The molecule has 6 unspecified atom stereocenters. The summed E-state index contributed by atoms with van der Waals surface area (Å²) in [7, 11) is 0. The lowest BCUT2D eigenvalue weighted by Crippen LogP contribution is -2.46. The molecule has 6 nitrogen and oxygen atoms in total. The fourth-order valence-corrected chi connectivity index (χ4v) is 4.90. The van der Waals surface area contributed by atoms with Gasteiger partial charge in [0.25, 0.3) is 0 Å². The van der Waals surface area contributed by atoms with Crippen molar-refractivity contribution in [2.45, 2.75) is 50.1 Å². The van der Waals surface area contributed by atoms with Crippen LogP contribution in [0.5, 0.6) is 0 Å². The van der Waals surface area contributed by atoms with Crippen molar-refractivity contribution in [3.8, 4) is 0 Å². The molecule has 1 aliphatic carbocycles. The Labute approximate surface area is 139 Å². The molecule has 2 N–H and O–H groups in total. The van der Waals surface area contributed by atoms with E-state index < -0.39 is 41.8 Å². The summed E-state index contributed by atoms with van der Waals surface area (Å²) in [6.07, 6.45) is -0.753. The summed E-state index contributed by atoms with van der Waals surface area (Å²) in [6.45, 7) is 2.00. The zero-order valence-corrected chi connectivity index (χ0v) is 13.3. The number of rotatable bonds is 2. The Kier molecular flexibility index (Phi) is 3.53. The van der Waals surface area contributed by atoms with Crippen LogP contribution in [0.25, 0.3) is 0 Å². The van der Waals surface area contributed by atoms with E-state index in [1.54, 1.807) is 0 Å². The minimum absolute atomic E-state index is 0.295. The molecular formula is C18H20O6. The Bertz CT molecular complexity index is 701. The number of hydrogen-bond donors (Lipinski definition) is 2. The lowest BCUT2D eigenvalue weighted by atomic mass is 9.56. The first-order chi connectivity index (χ1) is 11.5. The maximum Gasteiger partial charge on any atom is 0.321 e. The van der Waals surface area contributed by atoms with Crippen LogP contribution >= 0.6 is 0 Å². The third-order valence-electron chi connectivity index (χ3n) is 6.01. The van der Waals surface area contributed by atoms with Gasteiger partial charge in [-0.3, -0.25) is 9.59 Å². The Balaban J connectivity index is 1.89. The van der Waals surface area contributed by atoms with Crippen LogP contribution in [-0.4, -0.2) is 34.7 Å². The summed E-state index contributed by atoms with van der Waals surface area (Å²) in [6, 6.07) is 7.54. The van der Waals surface area contributed by atoms with Gasteiger partial charge >= 0.3 is 11.9 Å². The van der Waals surface area contributed by atoms with Crippen molar-refractivity contribution in [2.24, 2.45) is 11.8 Å². The number of aliphatic hydroxyl groups is 2. The number of carbonyl (C=O) groups excluding carboxylic acids is 2. The SMILES string of the molecule is CCC1(C2CC(O)OC2O)CC2C(=O)OC(=O)C2c2ccccc21. The molecular weight excluding hydrogens is 312 g/mol. The van der Waals surface area contributed by atoms with Crippen LogP contribution in [0, 0.1) is 11.8 Å². The second-order valence-electron chi connectivity index (χ2n) is 6.95. The zero-order chi connectivity index (χ0) is 17.1. The normalized spacial score (nSPS) is 41.0. The maximum absolute atomic E-state index is 12.2. The lowest BCUT2D eigenvalue weighted by Gasteiger charge is -2.46. The van der Waals surface area contributed by atoms with E-state index in [0.29, 0.717) is 19.3 Å². The minimum atomic E-state index is -1.10. The highest BCUT2D eigenvalue weighted by atomic mass is 16.7. The van der Waals surface area contributed by atoms with E-state index in [4.69, 9.17) is 9.47 Å². The molecule has 0 spiro atoms. The predicted molar refractivity (Wildman–Crippen MR) is 81.6 cm³/mol. The van der Waals surface area contributed by atoms with Crippen molar-refractivity contribution in [1.29, 1.82) is 0 Å². The van der Waals surface area contributed by atoms with E-state index in [0.717, 1.165) is 11.1 Å². The van der Waals surface area contributed by atoms with Gasteiger partial charge in [-0.1, -0.05) is 31.2 Å². The number of hydrogen-bond acceptors (Lipinski definition) is 6. The summed E-state index contributed by atoms with van der Waals surface area (Å²) in [5.74, 6) is -2.45. The largest absolute Gasteiger partial charge is 0.392 e.